The molecule has 0 fully saturated rings. The molecule has 0 aromatic carbocycles. The summed E-state index contributed by atoms with van der Waals surface area (Å²) in [5, 5.41) is 0. The highest BCUT2D eigenvalue weighted by Crippen LogP contribution is 2.43. The lowest BCUT2D eigenvalue weighted by Crippen LogP contribution is -2.29. The SMILES string of the molecule is CC/C=C\C/C=C\C/C=C\C/C=C\CCCCCCCCCCCCC(=O)OC(COC(=O)CCCCCCCCCC/C=C\C/C=C\C/C=C\CCCCCCC)COP(=O)(O)OCCN. The minimum atomic E-state index is -4.39. The van der Waals surface area contributed by atoms with Crippen LogP contribution in [0.25, 0.3) is 0 Å². The first kappa shape index (κ1) is 64.2. The number of rotatable bonds is 50. The molecule has 0 radical (unpaired) electrons. The van der Waals surface area contributed by atoms with Gasteiger partial charge in [0.05, 0.1) is 13.2 Å². The Kier molecular flexibility index (Phi) is 50.4. The van der Waals surface area contributed by atoms with E-state index in [0.29, 0.717) is 6.42 Å². The number of phosphoric acid groups is 1. The van der Waals surface area contributed by atoms with Gasteiger partial charge in [0, 0.05) is 19.4 Å². The maximum atomic E-state index is 12.7. The van der Waals surface area contributed by atoms with Gasteiger partial charge in [0.25, 0.3) is 0 Å². The van der Waals surface area contributed by atoms with Crippen molar-refractivity contribution in [2.24, 2.45) is 5.73 Å². The second-order valence-electron chi connectivity index (χ2n) is 17.7. The van der Waals surface area contributed by atoms with Gasteiger partial charge in [-0.1, -0.05) is 214 Å². The molecule has 0 spiro atoms. The summed E-state index contributed by atoms with van der Waals surface area (Å²) in [7, 11) is -4.39. The van der Waals surface area contributed by atoms with Crippen LogP contribution in [0.2, 0.25) is 0 Å². The zero-order valence-electron chi connectivity index (χ0n) is 42.9. The van der Waals surface area contributed by atoms with Crippen LogP contribution >= 0.6 is 7.82 Å². The number of phosphoric ester groups is 1. The van der Waals surface area contributed by atoms with Gasteiger partial charge >= 0.3 is 19.8 Å². The molecule has 0 amide bonds. The Bertz CT molecular complexity index is 1370. The molecule has 0 saturated heterocycles. The predicted octanol–water partition coefficient (Wildman–Crippen LogP) is 16.7. The molecule has 0 aliphatic carbocycles. The molecular formula is C57H100NO8P. The topological polar surface area (TPSA) is 134 Å². The molecular weight excluding hydrogens is 858 g/mol. The minimum Gasteiger partial charge on any atom is -0.462 e. The summed E-state index contributed by atoms with van der Waals surface area (Å²) in [6.07, 6.45) is 67.6. The molecule has 3 N–H and O–H groups in total. The highest BCUT2D eigenvalue weighted by molar-refractivity contribution is 7.47. The van der Waals surface area contributed by atoms with Gasteiger partial charge in [-0.3, -0.25) is 18.6 Å². The van der Waals surface area contributed by atoms with Crippen molar-refractivity contribution in [2.75, 3.05) is 26.4 Å². The number of ether oxygens (including phenoxy) is 2. The zero-order valence-corrected chi connectivity index (χ0v) is 43.8. The number of carbonyl (C=O) groups excluding carboxylic acids is 2. The van der Waals surface area contributed by atoms with Gasteiger partial charge in [0.1, 0.15) is 6.61 Å². The van der Waals surface area contributed by atoms with Crippen LogP contribution in [-0.4, -0.2) is 49.3 Å². The lowest BCUT2D eigenvalue weighted by atomic mass is 10.0. The van der Waals surface area contributed by atoms with Crippen LogP contribution in [-0.2, 0) is 32.7 Å². The molecule has 0 aliphatic heterocycles. The van der Waals surface area contributed by atoms with Crippen LogP contribution in [0, 0.1) is 0 Å². The van der Waals surface area contributed by atoms with Gasteiger partial charge in [0.2, 0.25) is 0 Å². The van der Waals surface area contributed by atoms with Crippen molar-refractivity contribution in [3.8, 4) is 0 Å². The second-order valence-corrected chi connectivity index (χ2v) is 19.2. The van der Waals surface area contributed by atoms with Crippen molar-refractivity contribution >= 4 is 19.8 Å². The number of unbranched alkanes of at least 4 members (excludes halogenated alkanes) is 23. The van der Waals surface area contributed by atoms with Crippen LogP contribution in [0.1, 0.15) is 232 Å². The first-order valence-corrected chi connectivity index (χ1v) is 28.6. The van der Waals surface area contributed by atoms with Crippen molar-refractivity contribution in [3.05, 3.63) is 85.1 Å². The summed E-state index contributed by atoms with van der Waals surface area (Å²) in [6, 6.07) is 0. The second kappa shape index (κ2) is 52.6. The number of carbonyl (C=O) groups is 2. The minimum absolute atomic E-state index is 0.0477. The van der Waals surface area contributed by atoms with Crippen LogP contribution in [0.5, 0.6) is 0 Å². The van der Waals surface area contributed by atoms with Gasteiger partial charge in [-0.25, -0.2) is 4.57 Å². The molecule has 2 unspecified atom stereocenters. The molecule has 2 atom stereocenters. The first-order valence-electron chi connectivity index (χ1n) is 27.1. The van der Waals surface area contributed by atoms with Gasteiger partial charge in [-0.05, 0) is 89.9 Å². The summed E-state index contributed by atoms with van der Waals surface area (Å²) >= 11 is 0. The van der Waals surface area contributed by atoms with Crippen LogP contribution < -0.4 is 5.73 Å². The first-order chi connectivity index (χ1) is 32.8. The van der Waals surface area contributed by atoms with Crippen molar-refractivity contribution in [2.45, 2.75) is 238 Å². The third-order valence-corrected chi connectivity index (χ3v) is 12.2. The summed E-state index contributed by atoms with van der Waals surface area (Å²) < 4.78 is 33.0. The molecule has 0 aliphatic rings. The fourth-order valence-corrected chi connectivity index (χ4v) is 8.05. The number of hydrogen-bond acceptors (Lipinski definition) is 8. The third kappa shape index (κ3) is 52.4. The molecule has 9 nitrogen and oxygen atoms in total. The van der Waals surface area contributed by atoms with E-state index in [9.17, 15) is 19.0 Å². The molecule has 0 aromatic heterocycles. The monoisotopic (exact) mass is 958 g/mol. The lowest BCUT2D eigenvalue weighted by Gasteiger charge is -2.19. The van der Waals surface area contributed by atoms with Crippen LogP contribution in [0.4, 0.5) is 0 Å². The van der Waals surface area contributed by atoms with Gasteiger partial charge in [0.15, 0.2) is 6.10 Å². The summed E-state index contributed by atoms with van der Waals surface area (Å²) in [5.74, 6) is -0.842. The normalized spacial score (nSPS) is 13.8. The Hall–Kier alpha value is -2.81. The van der Waals surface area contributed by atoms with E-state index in [-0.39, 0.29) is 32.6 Å². The Labute approximate surface area is 411 Å². The molecule has 67 heavy (non-hydrogen) atoms. The van der Waals surface area contributed by atoms with Crippen molar-refractivity contribution in [1.82, 2.24) is 0 Å². The van der Waals surface area contributed by atoms with E-state index in [1.807, 2.05) is 0 Å². The smallest absolute Gasteiger partial charge is 0.462 e. The Balaban J connectivity index is 4.06. The molecule has 386 valence electrons. The van der Waals surface area contributed by atoms with E-state index in [1.54, 1.807) is 0 Å². The highest BCUT2D eigenvalue weighted by Gasteiger charge is 2.26. The number of nitrogens with two attached hydrogens (primary N) is 1. The van der Waals surface area contributed by atoms with Gasteiger partial charge < -0.3 is 20.1 Å². The maximum absolute atomic E-state index is 12.7. The largest absolute Gasteiger partial charge is 0.472 e. The summed E-state index contributed by atoms with van der Waals surface area (Å²) in [5.41, 5.74) is 5.37. The zero-order chi connectivity index (χ0) is 48.8. The highest BCUT2D eigenvalue weighted by atomic mass is 31.2. The van der Waals surface area contributed by atoms with Gasteiger partial charge in [-0.15, -0.1) is 0 Å². The van der Waals surface area contributed by atoms with Crippen molar-refractivity contribution < 1.29 is 37.6 Å². The van der Waals surface area contributed by atoms with E-state index < -0.39 is 32.5 Å². The van der Waals surface area contributed by atoms with Gasteiger partial charge in [-0.2, -0.15) is 0 Å². The predicted molar refractivity (Wildman–Crippen MR) is 284 cm³/mol. The van der Waals surface area contributed by atoms with Crippen molar-refractivity contribution in [1.29, 1.82) is 0 Å². The summed E-state index contributed by atoms with van der Waals surface area (Å²) in [4.78, 5) is 35.1. The third-order valence-electron chi connectivity index (χ3n) is 11.3. The van der Waals surface area contributed by atoms with E-state index in [1.165, 1.54) is 103 Å². The average molecular weight is 958 g/mol. The molecule has 0 rings (SSSR count). The molecule has 0 bridgehead atoms. The fourth-order valence-electron chi connectivity index (χ4n) is 7.28. The Morgan fingerprint density at radius 2 is 0.821 bits per heavy atom. The molecule has 0 saturated carbocycles. The van der Waals surface area contributed by atoms with Crippen molar-refractivity contribution in [3.63, 3.8) is 0 Å². The fraction of sp³-hybridized carbons (Fsp3) is 0.719. The van der Waals surface area contributed by atoms with E-state index in [4.69, 9.17) is 24.3 Å². The molecule has 10 heteroatoms. The number of esters is 2. The maximum Gasteiger partial charge on any atom is 0.472 e. The summed E-state index contributed by atoms with van der Waals surface area (Å²) in [6.45, 7) is 3.61. The Morgan fingerprint density at radius 1 is 0.463 bits per heavy atom. The van der Waals surface area contributed by atoms with E-state index in [0.717, 1.165) is 96.3 Å². The number of hydrogen-bond donors (Lipinski definition) is 2. The molecule has 0 heterocycles. The lowest BCUT2D eigenvalue weighted by molar-refractivity contribution is -0.161. The van der Waals surface area contributed by atoms with E-state index >= 15 is 0 Å². The average Bonchev–Trinajstić information content (AvgIpc) is 3.32. The molecule has 0 aromatic rings. The Morgan fingerprint density at radius 3 is 1.22 bits per heavy atom. The quantitative estimate of drug-likeness (QED) is 0.0264. The van der Waals surface area contributed by atoms with E-state index in [2.05, 4.69) is 98.9 Å². The van der Waals surface area contributed by atoms with Crippen LogP contribution in [0.3, 0.4) is 0 Å². The van der Waals surface area contributed by atoms with Crippen LogP contribution in [0.15, 0.2) is 85.1 Å². The number of allylic oxidation sites excluding steroid dienone is 14. The standard InChI is InChI=1S/C57H100NO8P/c1-3-5-7-9-11-13-15-17-19-21-23-25-27-29-31-33-35-37-39-41-43-45-47-49-56(59)63-53-55(54-65-67(61,62)64-52-51-58)66-57(60)50-48-46-44-42-40-38-36-34-32-30-28-26-24-22-20-18-16-14-12-10-8-6-4-2/h6,8,12,14-15,17-18,20-21,23-24,26-27,29,55H,3-5,7,9-11,13,16,19,22,25,28,30-54,58H2,1-2H3,(H,61,62)/b8-6-,14-12-,17-15-,20-18-,23-21-,26-24-,29-27-.